The van der Waals surface area contributed by atoms with E-state index >= 15 is 0 Å². The Balaban J connectivity index is 2.03. The fraction of sp³-hybridized carbons (Fsp3) is 0.333. The van der Waals surface area contributed by atoms with E-state index in [2.05, 4.69) is 4.98 Å². The molecule has 1 aromatic heterocycles. The van der Waals surface area contributed by atoms with Gasteiger partial charge in [-0.1, -0.05) is 24.3 Å². The van der Waals surface area contributed by atoms with E-state index in [4.69, 9.17) is 14.9 Å². The number of aliphatic hydroxyl groups excluding tert-OH is 2. The number of rotatable bonds is 9. The highest BCUT2D eigenvalue weighted by Crippen LogP contribution is 2.21. The average Bonchev–Trinajstić information content (AvgIpc) is 2.67. The number of carbonyl (C=O) groups is 1. The molecule has 2 N–H and O–H groups in total. The van der Waals surface area contributed by atoms with Crippen LogP contribution in [0.5, 0.6) is 5.75 Å². The highest BCUT2D eigenvalue weighted by atomic mass is 16.5. The smallest absolute Gasteiger partial charge is 0.266 e. The minimum atomic E-state index is -1.11. The van der Waals surface area contributed by atoms with E-state index in [1.807, 2.05) is 48.6 Å². The van der Waals surface area contributed by atoms with Crippen LogP contribution in [0.1, 0.15) is 25.0 Å². The number of aliphatic hydroxyl groups is 2. The van der Waals surface area contributed by atoms with E-state index in [1.165, 1.54) is 4.90 Å². The van der Waals surface area contributed by atoms with Gasteiger partial charge in [-0.05, 0) is 49.2 Å². The molecule has 0 radical (unpaired) electrons. The van der Waals surface area contributed by atoms with Crippen LogP contribution in [-0.2, 0) is 4.79 Å². The molecule has 1 aromatic carbocycles. The molecule has 0 aliphatic heterocycles. The third-order valence-electron chi connectivity index (χ3n) is 3.97. The number of amides is 1. The zero-order valence-electron chi connectivity index (χ0n) is 15.7. The Hall–Kier alpha value is -2.70. The highest BCUT2D eigenvalue weighted by molar-refractivity contribution is 5.84. The molecule has 1 heterocycles. The van der Waals surface area contributed by atoms with Crippen molar-refractivity contribution in [3.63, 3.8) is 0 Å². The van der Waals surface area contributed by atoms with Crippen LogP contribution in [-0.4, -0.2) is 57.9 Å². The van der Waals surface area contributed by atoms with E-state index in [-0.39, 0.29) is 32.2 Å². The van der Waals surface area contributed by atoms with Crippen molar-refractivity contribution in [1.29, 1.82) is 0 Å². The van der Waals surface area contributed by atoms with Gasteiger partial charge in [-0.3, -0.25) is 9.78 Å². The second kappa shape index (κ2) is 9.85. The summed E-state index contributed by atoms with van der Waals surface area (Å²) in [6.45, 7) is 3.33. The first-order chi connectivity index (χ1) is 13.0. The van der Waals surface area contributed by atoms with Crippen molar-refractivity contribution in [2.24, 2.45) is 0 Å². The molecule has 0 saturated heterocycles. The van der Waals surface area contributed by atoms with Gasteiger partial charge < -0.3 is 19.8 Å². The first-order valence-corrected chi connectivity index (χ1v) is 8.84. The van der Waals surface area contributed by atoms with Crippen LogP contribution >= 0.6 is 0 Å². The summed E-state index contributed by atoms with van der Waals surface area (Å²) < 4.78 is 5.87. The summed E-state index contributed by atoms with van der Waals surface area (Å²) >= 11 is 0. The van der Waals surface area contributed by atoms with Crippen molar-refractivity contribution in [3.8, 4) is 5.75 Å². The molecule has 2 rings (SSSR count). The largest absolute Gasteiger partial charge is 0.478 e. The zero-order valence-corrected chi connectivity index (χ0v) is 15.7. The van der Waals surface area contributed by atoms with E-state index in [9.17, 15) is 4.79 Å². The lowest BCUT2D eigenvalue weighted by atomic mass is 10.1. The Morgan fingerprint density at radius 2 is 1.52 bits per heavy atom. The summed E-state index contributed by atoms with van der Waals surface area (Å²) in [5.41, 5.74) is 0.953. The zero-order chi connectivity index (χ0) is 19.7. The second-order valence-corrected chi connectivity index (χ2v) is 6.53. The van der Waals surface area contributed by atoms with Gasteiger partial charge in [0.15, 0.2) is 5.60 Å². The number of aromatic nitrogens is 1. The van der Waals surface area contributed by atoms with Crippen molar-refractivity contribution in [2.45, 2.75) is 19.4 Å². The van der Waals surface area contributed by atoms with Gasteiger partial charge in [0.05, 0.1) is 13.2 Å². The normalized spacial score (nSPS) is 11.6. The number of pyridine rings is 1. The average molecular weight is 370 g/mol. The number of nitrogens with zero attached hydrogens (tertiary/aromatic N) is 2. The third kappa shape index (κ3) is 6.20. The minimum absolute atomic E-state index is 0.158. The van der Waals surface area contributed by atoms with E-state index in [0.29, 0.717) is 5.75 Å². The van der Waals surface area contributed by atoms with Gasteiger partial charge in [-0.2, -0.15) is 0 Å². The van der Waals surface area contributed by atoms with Crippen molar-refractivity contribution in [3.05, 3.63) is 59.9 Å². The monoisotopic (exact) mass is 370 g/mol. The van der Waals surface area contributed by atoms with Crippen molar-refractivity contribution in [2.75, 3.05) is 26.3 Å². The number of hydrogen-bond acceptors (Lipinski definition) is 5. The lowest BCUT2D eigenvalue weighted by Crippen LogP contribution is -2.50. The van der Waals surface area contributed by atoms with Gasteiger partial charge in [-0.25, -0.2) is 0 Å². The number of benzene rings is 1. The number of carbonyl (C=O) groups excluding carboxylic acids is 1. The molecule has 6 nitrogen and oxygen atoms in total. The second-order valence-electron chi connectivity index (χ2n) is 6.53. The first kappa shape index (κ1) is 20.6. The number of hydrogen-bond donors (Lipinski definition) is 2. The van der Waals surface area contributed by atoms with Gasteiger partial charge in [0.2, 0.25) is 0 Å². The Labute approximate surface area is 159 Å². The lowest BCUT2D eigenvalue weighted by molar-refractivity contribution is -0.146. The van der Waals surface area contributed by atoms with Crippen LogP contribution in [0.3, 0.4) is 0 Å². The lowest BCUT2D eigenvalue weighted by Gasteiger charge is -2.31. The Morgan fingerprint density at radius 1 is 1.00 bits per heavy atom. The maximum Gasteiger partial charge on any atom is 0.266 e. The molecule has 0 fully saturated rings. The molecule has 144 valence electrons. The quantitative estimate of drug-likeness (QED) is 0.707. The fourth-order valence-corrected chi connectivity index (χ4v) is 2.59. The van der Waals surface area contributed by atoms with Crippen LogP contribution in [0.2, 0.25) is 0 Å². The van der Waals surface area contributed by atoms with Gasteiger partial charge >= 0.3 is 0 Å². The summed E-state index contributed by atoms with van der Waals surface area (Å²) in [4.78, 5) is 18.0. The van der Waals surface area contributed by atoms with Crippen LogP contribution in [0.4, 0.5) is 0 Å². The Kier molecular flexibility index (Phi) is 7.52. The Morgan fingerprint density at radius 3 is 2.04 bits per heavy atom. The molecule has 1 amide bonds. The van der Waals surface area contributed by atoms with E-state index in [1.54, 1.807) is 26.2 Å². The molecule has 0 atom stereocenters. The summed E-state index contributed by atoms with van der Waals surface area (Å²) in [5, 5.41) is 18.2. The van der Waals surface area contributed by atoms with Crippen LogP contribution in [0, 0.1) is 0 Å². The molecule has 0 saturated carbocycles. The standard InChI is InChI=1S/C21H26N2O4/c1-21(2,20(26)23(13-15-24)14-16-25)27-19-7-5-17(6-8-19)3-4-18-9-11-22-12-10-18/h3-12,24-25H,13-16H2,1-2H3/b4-3+. The summed E-state index contributed by atoms with van der Waals surface area (Å²) in [6, 6.07) is 11.3. The molecule has 0 aliphatic carbocycles. The summed E-state index contributed by atoms with van der Waals surface area (Å²) in [5.74, 6) is 0.287. The van der Waals surface area contributed by atoms with Crippen LogP contribution in [0.25, 0.3) is 12.2 Å². The molecule has 6 heteroatoms. The first-order valence-electron chi connectivity index (χ1n) is 8.84. The summed E-state index contributed by atoms with van der Waals surface area (Å²) in [6.07, 6.45) is 7.46. The summed E-state index contributed by atoms with van der Waals surface area (Å²) in [7, 11) is 0. The van der Waals surface area contributed by atoms with Crippen LogP contribution in [0.15, 0.2) is 48.8 Å². The maximum absolute atomic E-state index is 12.6. The van der Waals surface area contributed by atoms with Crippen molar-refractivity contribution >= 4 is 18.1 Å². The van der Waals surface area contributed by atoms with Crippen LogP contribution < -0.4 is 4.74 Å². The molecule has 27 heavy (non-hydrogen) atoms. The van der Waals surface area contributed by atoms with Gasteiger partial charge in [0, 0.05) is 25.5 Å². The molecule has 0 unspecified atom stereocenters. The van der Waals surface area contributed by atoms with E-state index < -0.39 is 5.60 Å². The molecule has 0 bridgehead atoms. The molecular formula is C21H26N2O4. The van der Waals surface area contributed by atoms with Crippen molar-refractivity contribution in [1.82, 2.24) is 9.88 Å². The fourth-order valence-electron chi connectivity index (χ4n) is 2.59. The number of ether oxygens (including phenoxy) is 1. The minimum Gasteiger partial charge on any atom is -0.478 e. The third-order valence-corrected chi connectivity index (χ3v) is 3.97. The van der Waals surface area contributed by atoms with E-state index in [0.717, 1.165) is 11.1 Å². The molecule has 2 aromatic rings. The Bertz CT molecular complexity index is 737. The molecule has 0 aliphatic rings. The van der Waals surface area contributed by atoms with Gasteiger partial charge in [0.25, 0.3) is 5.91 Å². The van der Waals surface area contributed by atoms with Crippen molar-refractivity contribution < 1.29 is 19.7 Å². The maximum atomic E-state index is 12.6. The predicted octanol–water partition coefficient (Wildman–Crippen LogP) is 2.22. The molecule has 0 spiro atoms. The SMILES string of the molecule is CC(C)(Oc1ccc(/C=C/c2ccncc2)cc1)C(=O)N(CCO)CCO. The topological polar surface area (TPSA) is 82.9 Å². The van der Waals surface area contributed by atoms with Gasteiger partial charge in [-0.15, -0.1) is 0 Å². The van der Waals surface area contributed by atoms with Gasteiger partial charge in [0.1, 0.15) is 5.75 Å². The predicted molar refractivity (Wildman–Crippen MR) is 105 cm³/mol. The molecular weight excluding hydrogens is 344 g/mol. The highest BCUT2D eigenvalue weighted by Gasteiger charge is 2.33.